The largest absolute Gasteiger partial charge is 0.480 e. The van der Waals surface area contributed by atoms with Crippen molar-refractivity contribution in [3.63, 3.8) is 0 Å². The molecule has 6 heteroatoms. The fourth-order valence-corrected chi connectivity index (χ4v) is 2.53. The minimum absolute atomic E-state index is 0.0157. The Bertz CT molecular complexity index is 511. The molecule has 1 aromatic rings. The normalized spacial score (nSPS) is 16.0. The third-order valence-electron chi connectivity index (χ3n) is 3.73. The molecule has 1 aromatic carbocycles. The molecule has 0 aromatic heterocycles. The summed E-state index contributed by atoms with van der Waals surface area (Å²) in [6, 6.07) is 7.54. The van der Waals surface area contributed by atoms with Crippen LogP contribution in [0.25, 0.3) is 0 Å². The van der Waals surface area contributed by atoms with Crippen LogP contribution in [0.4, 0.5) is 0 Å². The Morgan fingerprint density at radius 2 is 2.05 bits per heavy atom. The summed E-state index contributed by atoms with van der Waals surface area (Å²) in [5.41, 5.74) is 7.20. The third kappa shape index (κ3) is 4.27. The zero-order chi connectivity index (χ0) is 15.2. The number of aliphatic carboxylic acids is 1. The maximum atomic E-state index is 12.4. The molecule has 1 amide bonds. The maximum absolute atomic E-state index is 12.4. The summed E-state index contributed by atoms with van der Waals surface area (Å²) >= 11 is 0. The molecule has 0 aliphatic carbocycles. The number of amides is 1. The number of hydrogen-bond donors (Lipinski definition) is 3. The van der Waals surface area contributed by atoms with E-state index < -0.39 is 5.97 Å². The second kappa shape index (κ2) is 7.19. The highest BCUT2D eigenvalue weighted by Gasteiger charge is 2.23. The van der Waals surface area contributed by atoms with E-state index in [9.17, 15) is 9.59 Å². The fraction of sp³-hybridized carbons (Fsp3) is 0.467. The molecule has 0 radical (unpaired) electrons. The molecule has 1 heterocycles. The van der Waals surface area contributed by atoms with Crippen LogP contribution in [0.2, 0.25) is 0 Å². The van der Waals surface area contributed by atoms with Crippen molar-refractivity contribution >= 4 is 11.9 Å². The number of nitrogens with zero attached hydrogens (tertiary/aromatic N) is 1. The van der Waals surface area contributed by atoms with Gasteiger partial charge in [-0.15, -0.1) is 0 Å². The van der Waals surface area contributed by atoms with Gasteiger partial charge in [-0.3, -0.25) is 9.59 Å². The number of carbonyl (C=O) groups is 2. The van der Waals surface area contributed by atoms with Gasteiger partial charge in [0.2, 0.25) is 0 Å². The molecule has 6 nitrogen and oxygen atoms in total. The molecule has 114 valence electrons. The van der Waals surface area contributed by atoms with E-state index in [2.05, 4.69) is 5.32 Å². The topological polar surface area (TPSA) is 95.7 Å². The Labute approximate surface area is 123 Å². The van der Waals surface area contributed by atoms with E-state index in [1.165, 1.54) is 0 Å². The van der Waals surface area contributed by atoms with Gasteiger partial charge in [-0.05, 0) is 30.5 Å². The fourth-order valence-electron chi connectivity index (χ4n) is 2.53. The molecule has 0 unspecified atom stereocenters. The van der Waals surface area contributed by atoms with Gasteiger partial charge in [-0.1, -0.05) is 12.1 Å². The first-order chi connectivity index (χ1) is 10.1. The number of hydrogen-bond acceptors (Lipinski definition) is 4. The molecular weight excluding hydrogens is 270 g/mol. The molecule has 0 bridgehead atoms. The zero-order valence-corrected chi connectivity index (χ0v) is 11.9. The monoisotopic (exact) mass is 291 g/mol. The van der Waals surface area contributed by atoms with Gasteiger partial charge in [-0.2, -0.15) is 0 Å². The summed E-state index contributed by atoms with van der Waals surface area (Å²) in [6.45, 7) is 1.67. The van der Waals surface area contributed by atoms with Gasteiger partial charge in [-0.25, -0.2) is 0 Å². The molecule has 0 atom stereocenters. The first-order valence-corrected chi connectivity index (χ1v) is 7.13. The lowest BCUT2D eigenvalue weighted by molar-refractivity contribution is -0.136. The van der Waals surface area contributed by atoms with Gasteiger partial charge in [0, 0.05) is 31.2 Å². The third-order valence-corrected chi connectivity index (χ3v) is 3.73. The van der Waals surface area contributed by atoms with Gasteiger partial charge < -0.3 is 21.1 Å². The van der Waals surface area contributed by atoms with Gasteiger partial charge in [0.05, 0.1) is 6.54 Å². The predicted molar refractivity (Wildman–Crippen MR) is 78.9 cm³/mol. The number of nitrogens with one attached hydrogen (secondary N) is 1. The number of rotatable bonds is 5. The van der Waals surface area contributed by atoms with Crippen LogP contribution in [0.15, 0.2) is 24.3 Å². The van der Waals surface area contributed by atoms with Crippen molar-refractivity contribution in [2.75, 3.05) is 19.6 Å². The Kier molecular flexibility index (Phi) is 5.30. The van der Waals surface area contributed by atoms with E-state index >= 15 is 0 Å². The van der Waals surface area contributed by atoms with Crippen LogP contribution in [0.5, 0.6) is 0 Å². The van der Waals surface area contributed by atoms with Gasteiger partial charge in [0.1, 0.15) is 0 Å². The first kappa shape index (κ1) is 15.5. The lowest BCUT2D eigenvalue weighted by atomic mass is 10.0. The van der Waals surface area contributed by atoms with E-state index in [1.54, 1.807) is 6.07 Å². The molecule has 1 aliphatic heterocycles. The molecule has 21 heavy (non-hydrogen) atoms. The number of likely N-dealkylation sites (tertiary alicyclic amines) is 1. The van der Waals surface area contributed by atoms with Crippen LogP contribution in [0, 0.1) is 0 Å². The van der Waals surface area contributed by atoms with Crippen LogP contribution in [-0.4, -0.2) is 47.6 Å². The van der Waals surface area contributed by atoms with Crippen molar-refractivity contribution in [2.45, 2.75) is 25.4 Å². The van der Waals surface area contributed by atoms with Crippen molar-refractivity contribution in [1.82, 2.24) is 10.2 Å². The lowest BCUT2D eigenvalue weighted by Gasteiger charge is -2.32. The predicted octanol–water partition coefficient (Wildman–Crippen LogP) is 0.424. The Morgan fingerprint density at radius 1 is 1.33 bits per heavy atom. The van der Waals surface area contributed by atoms with Crippen LogP contribution in [0.3, 0.4) is 0 Å². The molecule has 0 spiro atoms. The highest BCUT2D eigenvalue weighted by Crippen LogP contribution is 2.15. The summed E-state index contributed by atoms with van der Waals surface area (Å²) in [7, 11) is 0. The van der Waals surface area contributed by atoms with Gasteiger partial charge in [0.15, 0.2) is 0 Å². The standard InChI is InChI=1S/C15H21N3O3/c16-9-11-2-1-3-12(8-11)15(21)18-6-4-13(5-7-18)17-10-14(19)20/h1-3,8,13,17H,4-7,9-10,16H2,(H,19,20). The SMILES string of the molecule is NCc1cccc(C(=O)N2CCC(NCC(=O)O)CC2)c1. The van der Waals surface area contributed by atoms with Crippen molar-refractivity contribution < 1.29 is 14.7 Å². The van der Waals surface area contributed by atoms with Crippen LogP contribution in [-0.2, 0) is 11.3 Å². The molecule has 4 N–H and O–H groups in total. The Hall–Kier alpha value is -1.92. The average Bonchev–Trinajstić information content (AvgIpc) is 2.52. The summed E-state index contributed by atoms with van der Waals surface area (Å²) in [6.07, 6.45) is 1.55. The molecule has 1 saturated heterocycles. The minimum atomic E-state index is -0.855. The molecule has 1 aliphatic rings. The summed E-state index contributed by atoms with van der Waals surface area (Å²) in [5, 5.41) is 11.6. The van der Waals surface area contributed by atoms with Crippen LogP contribution < -0.4 is 11.1 Å². The minimum Gasteiger partial charge on any atom is -0.480 e. The second-order valence-electron chi connectivity index (χ2n) is 5.25. The number of carboxylic acid groups (broad SMARTS) is 1. The van der Waals surface area contributed by atoms with Crippen molar-refractivity contribution in [2.24, 2.45) is 5.73 Å². The quantitative estimate of drug-likeness (QED) is 0.731. The number of carbonyl (C=O) groups excluding carboxylic acids is 1. The second-order valence-corrected chi connectivity index (χ2v) is 5.25. The lowest BCUT2D eigenvalue weighted by Crippen LogP contribution is -2.46. The van der Waals surface area contributed by atoms with E-state index in [0.29, 0.717) is 25.2 Å². The average molecular weight is 291 g/mol. The summed E-state index contributed by atoms with van der Waals surface area (Å²) in [4.78, 5) is 24.7. The number of nitrogens with two attached hydrogens (primary N) is 1. The van der Waals surface area contributed by atoms with E-state index in [4.69, 9.17) is 10.8 Å². The Morgan fingerprint density at radius 3 is 2.67 bits per heavy atom. The van der Waals surface area contributed by atoms with Crippen LogP contribution >= 0.6 is 0 Å². The van der Waals surface area contributed by atoms with E-state index in [-0.39, 0.29) is 18.5 Å². The van der Waals surface area contributed by atoms with Gasteiger partial charge in [0.25, 0.3) is 5.91 Å². The van der Waals surface area contributed by atoms with Crippen molar-refractivity contribution in [3.8, 4) is 0 Å². The summed E-state index contributed by atoms with van der Waals surface area (Å²) in [5.74, 6) is -0.839. The first-order valence-electron chi connectivity index (χ1n) is 7.13. The number of benzene rings is 1. The zero-order valence-electron chi connectivity index (χ0n) is 11.9. The highest BCUT2D eigenvalue weighted by molar-refractivity contribution is 5.94. The number of carboxylic acids is 1. The van der Waals surface area contributed by atoms with Gasteiger partial charge >= 0.3 is 5.97 Å². The molecule has 2 rings (SSSR count). The highest BCUT2D eigenvalue weighted by atomic mass is 16.4. The Balaban J connectivity index is 1.89. The molecule has 0 saturated carbocycles. The smallest absolute Gasteiger partial charge is 0.317 e. The van der Waals surface area contributed by atoms with Crippen molar-refractivity contribution in [1.29, 1.82) is 0 Å². The van der Waals surface area contributed by atoms with Crippen molar-refractivity contribution in [3.05, 3.63) is 35.4 Å². The van der Waals surface area contributed by atoms with E-state index in [1.807, 2.05) is 23.1 Å². The molecule has 1 fully saturated rings. The molecular formula is C15H21N3O3. The summed E-state index contributed by atoms with van der Waals surface area (Å²) < 4.78 is 0. The van der Waals surface area contributed by atoms with E-state index in [0.717, 1.165) is 18.4 Å². The number of piperidine rings is 1. The van der Waals surface area contributed by atoms with Crippen LogP contribution in [0.1, 0.15) is 28.8 Å². The maximum Gasteiger partial charge on any atom is 0.317 e.